The molecule has 0 spiro atoms. The highest BCUT2D eigenvalue weighted by atomic mass is 16.5. The minimum atomic E-state index is -0.505. The molecule has 0 unspecified atom stereocenters. The first-order valence-electron chi connectivity index (χ1n) is 11.5. The van der Waals surface area contributed by atoms with Crippen LogP contribution in [0.5, 0.6) is 0 Å². The molecule has 0 saturated heterocycles. The maximum atomic E-state index is 12.5. The molecule has 1 aromatic carbocycles. The van der Waals surface area contributed by atoms with E-state index in [0.29, 0.717) is 11.1 Å². The molecule has 4 aliphatic rings. The minimum Gasteiger partial charge on any atom is -0.456 e. The van der Waals surface area contributed by atoms with E-state index in [-0.39, 0.29) is 36.9 Å². The smallest absolute Gasteiger partial charge is 0.419 e. The topological polar surface area (TPSA) is 90.5 Å². The van der Waals surface area contributed by atoms with Crippen LogP contribution >= 0.6 is 0 Å². The fourth-order valence-corrected chi connectivity index (χ4v) is 6.79. The SMILES string of the molecule is C[C@@H](NC(=O)COC(=O)CCn1c(=O)oc2ccccc21)C12CC3CC(CC(C3)C1)C2. The number of fused-ring (bicyclic) bond motifs is 1. The number of nitrogens with zero attached hydrogens (tertiary/aromatic N) is 1. The Morgan fingerprint density at radius 2 is 1.81 bits per heavy atom. The normalized spacial score (nSPS) is 29.8. The van der Waals surface area contributed by atoms with Crippen molar-refractivity contribution < 1.29 is 18.7 Å². The second kappa shape index (κ2) is 7.84. The number of para-hydroxylation sites is 2. The van der Waals surface area contributed by atoms with Gasteiger partial charge in [-0.05, 0) is 80.8 Å². The lowest BCUT2D eigenvalue weighted by Crippen LogP contribution is -2.56. The van der Waals surface area contributed by atoms with E-state index in [1.165, 1.54) is 43.1 Å². The van der Waals surface area contributed by atoms with Gasteiger partial charge in [0.25, 0.3) is 5.91 Å². The maximum Gasteiger partial charge on any atom is 0.419 e. The molecular weight excluding hydrogens is 396 g/mol. The number of hydrogen-bond donors (Lipinski definition) is 1. The average Bonchev–Trinajstić information content (AvgIpc) is 3.04. The molecule has 7 nitrogen and oxygen atoms in total. The number of carbonyl (C=O) groups excluding carboxylic acids is 2. The summed E-state index contributed by atoms with van der Waals surface area (Å²) >= 11 is 0. The van der Waals surface area contributed by atoms with E-state index in [1.807, 2.05) is 0 Å². The molecule has 4 fully saturated rings. The number of amides is 1. The van der Waals surface area contributed by atoms with Crippen LogP contribution in [-0.2, 0) is 20.9 Å². The fourth-order valence-electron chi connectivity index (χ4n) is 6.79. The van der Waals surface area contributed by atoms with Gasteiger partial charge < -0.3 is 14.5 Å². The van der Waals surface area contributed by atoms with E-state index in [4.69, 9.17) is 9.15 Å². The highest BCUT2D eigenvalue weighted by Gasteiger charge is 2.53. The second-order valence-corrected chi connectivity index (χ2v) is 9.97. The Labute approximate surface area is 181 Å². The zero-order valence-corrected chi connectivity index (χ0v) is 18.0. The van der Waals surface area contributed by atoms with Gasteiger partial charge in [-0.15, -0.1) is 0 Å². The van der Waals surface area contributed by atoms with Gasteiger partial charge in [0, 0.05) is 12.6 Å². The summed E-state index contributed by atoms with van der Waals surface area (Å²) in [5.74, 6) is 1.22. The van der Waals surface area contributed by atoms with Gasteiger partial charge in [0.2, 0.25) is 0 Å². The standard InChI is InChI=1S/C24H30N2O5/c1-15(24-11-16-8-17(12-24)10-18(9-16)13-24)25-21(27)14-30-22(28)6-7-26-19-4-2-3-5-20(19)31-23(26)29/h2-5,15-18H,6-14H2,1H3,(H,25,27)/t15-,16?,17?,18?,24?/m1/s1. The van der Waals surface area contributed by atoms with Crippen LogP contribution in [0.15, 0.2) is 33.5 Å². The van der Waals surface area contributed by atoms with E-state index >= 15 is 0 Å². The van der Waals surface area contributed by atoms with Crippen LogP contribution in [0.4, 0.5) is 0 Å². The third-order valence-corrected chi connectivity index (χ3v) is 7.86. The van der Waals surface area contributed by atoms with Crippen molar-refractivity contribution in [3.63, 3.8) is 0 Å². The van der Waals surface area contributed by atoms with E-state index < -0.39 is 11.7 Å². The molecule has 31 heavy (non-hydrogen) atoms. The van der Waals surface area contributed by atoms with Gasteiger partial charge in [0.05, 0.1) is 11.9 Å². The second-order valence-electron chi connectivity index (χ2n) is 9.97. The molecule has 4 saturated carbocycles. The summed E-state index contributed by atoms with van der Waals surface area (Å²) in [5, 5.41) is 3.11. The van der Waals surface area contributed by atoms with Crippen molar-refractivity contribution in [2.45, 2.75) is 64.5 Å². The van der Waals surface area contributed by atoms with Crippen LogP contribution < -0.4 is 11.1 Å². The zero-order chi connectivity index (χ0) is 21.6. The zero-order valence-electron chi connectivity index (χ0n) is 18.0. The largest absolute Gasteiger partial charge is 0.456 e. The number of esters is 1. The van der Waals surface area contributed by atoms with Crippen LogP contribution in [0.25, 0.3) is 11.1 Å². The molecular formula is C24H30N2O5. The number of aromatic nitrogens is 1. The Hall–Kier alpha value is -2.57. The average molecular weight is 427 g/mol. The molecule has 1 aromatic heterocycles. The van der Waals surface area contributed by atoms with Crippen molar-refractivity contribution in [1.29, 1.82) is 0 Å². The molecule has 166 valence electrons. The quantitative estimate of drug-likeness (QED) is 0.687. The van der Waals surface area contributed by atoms with Gasteiger partial charge in [0.1, 0.15) is 0 Å². The van der Waals surface area contributed by atoms with Gasteiger partial charge in [-0.25, -0.2) is 4.79 Å². The van der Waals surface area contributed by atoms with E-state index in [1.54, 1.807) is 24.3 Å². The highest BCUT2D eigenvalue weighted by molar-refractivity contribution is 5.81. The molecule has 6 rings (SSSR count). The molecule has 1 heterocycles. The lowest BCUT2D eigenvalue weighted by molar-refractivity contribution is -0.149. The van der Waals surface area contributed by atoms with Crippen molar-refractivity contribution >= 4 is 23.0 Å². The summed E-state index contributed by atoms with van der Waals surface area (Å²) in [5.41, 5.74) is 1.35. The Morgan fingerprint density at radius 3 is 2.48 bits per heavy atom. The predicted octanol–water partition coefficient (Wildman–Crippen LogP) is 3.25. The summed E-state index contributed by atoms with van der Waals surface area (Å²) in [7, 11) is 0. The molecule has 0 radical (unpaired) electrons. The number of rotatable bonds is 7. The van der Waals surface area contributed by atoms with Gasteiger partial charge in [-0.1, -0.05) is 12.1 Å². The van der Waals surface area contributed by atoms with Crippen LogP contribution in [0.2, 0.25) is 0 Å². The number of carbonyl (C=O) groups is 2. The first kappa shape index (κ1) is 20.3. The van der Waals surface area contributed by atoms with Gasteiger partial charge in [0.15, 0.2) is 12.2 Å². The third-order valence-electron chi connectivity index (χ3n) is 7.86. The Kier molecular flexibility index (Phi) is 5.15. The molecule has 7 heteroatoms. The number of ether oxygens (including phenoxy) is 1. The Bertz CT molecular complexity index is 1020. The minimum absolute atomic E-state index is 0.00124. The summed E-state index contributed by atoms with van der Waals surface area (Å²) in [6.07, 6.45) is 7.75. The molecule has 1 amide bonds. The number of hydrogen-bond acceptors (Lipinski definition) is 5. The van der Waals surface area contributed by atoms with Crippen molar-refractivity contribution in [3.8, 4) is 0 Å². The van der Waals surface area contributed by atoms with Gasteiger partial charge >= 0.3 is 11.7 Å². The fraction of sp³-hybridized carbons (Fsp3) is 0.625. The summed E-state index contributed by atoms with van der Waals surface area (Å²) in [6.45, 7) is 1.99. The number of nitrogens with one attached hydrogen (secondary N) is 1. The van der Waals surface area contributed by atoms with Gasteiger partial charge in [-0.3, -0.25) is 14.2 Å². The monoisotopic (exact) mass is 426 g/mol. The molecule has 4 aliphatic carbocycles. The van der Waals surface area contributed by atoms with Crippen molar-refractivity contribution in [2.24, 2.45) is 23.2 Å². The molecule has 1 N–H and O–H groups in total. The van der Waals surface area contributed by atoms with Crippen molar-refractivity contribution in [3.05, 3.63) is 34.8 Å². The molecule has 1 atom stereocenters. The van der Waals surface area contributed by atoms with E-state index in [2.05, 4.69) is 12.2 Å². The third kappa shape index (κ3) is 3.90. The Balaban J connectivity index is 1.11. The van der Waals surface area contributed by atoms with Crippen LogP contribution in [0.3, 0.4) is 0 Å². The number of oxazole rings is 1. The molecule has 2 aromatic rings. The van der Waals surface area contributed by atoms with Crippen molar-refractivity contribution in [1.82, 2.24) is 9.88 Å². The van der Waals surface area contributed by atoms with Crippen LogP contribution in [0.1, 0.15) is 51.9 Å². The number of benzene rings is 1. The Morgan fingerprint density at radius 1 is 1.16 bits per heavy atom. The lowest BCUT2D eigenvalue weighted by atomic mass is 9.48. The van der Waals surface area contributed by atoms with Crippen LogP contribution in [-0.4, -0.2) is 29.1 Å². The maximum absolute atomic E-state index is 12.5. The van der Waals surface area contributed by atoms with Crippen LogP contribution in [0, 0.1) is 23.2 Å². The van der Waals surface area contributed by atoms with E-state index in [9.17, 15) is 14.4 Å². The summed E-state index contributed by atoms with van der Waals surface area (Å²) < 4.78 is 11.8. The summed E-state index contributed by atoms with van der Waals surface area (Å²) in [6, 6.07) is 7.17. The lowest BCUT2D eigenvalue weighted by Gasteiger charge is -2.59. The van der Waals surface area contributed by atoms with Crippen molar-refractivity contribution in [2.75, 3.05) is 6.61 Å². The first-order valence-corrected chi connectivity index (χ1v) is 11.5. The molecule has 0 aliphatic heterocycles. The van der Waals surface area contributed by atoms with E-state index in [0.717, 1.165) is 17.8 Å². The molecule has 4 bridgehead atoms. The highest BCUT2D eigenvalue weighted by Crippen LogP contribution is 2.61. The van der Waals surface area contributed by atoms with Gasteiger partial charge in [-0.2, -0.15) is 0 Å². The predicted molar refractivity (Wildman–Crippen MR) is 114 cm³/mol. The number of aryl methyl sites for hydroxylation is 1. The first-order chi connectivity index (χ1) is 14.9. The summed E-state index contributed by atoms with van der Waals surface area (Å²) in [4.78, 5) is 36.6.